The van der Waals surface area contributed by atoms with Crippen LogP contribution in [0.3, 0.4) is 0 Å². The molecule has 1 heterocycles. The first kappa shape index (κ1) is 15.5. The van der Waals surface area contributed by atoms with Crippen LogP contribution in [0.4, 0.5) is 0 Å². The summed E-state index contributed by atoms with van der Waals surface area (Å²) in [6.45, 7) is 5.52. The number of amides is 1. The zero-order valence-electron chi connectivity index (χ0n) is 13.0. The predicted molar refractivity (Wildman–Crippen MR) is 82.5 cm³/mol. The molecule has 0 spiro atoms. The molecule has 0 bridgehead atoms. The topological polar surface area (TPSA) is 35.6 Å². The molecule has 2 rings (SSSR count). The lowest BCUT2D eigenvalue weighted by atomic mass is 10.0. The van der Waals surface area contributed by atoms with Crippen molar-refractivity contribution in [3.8, 4) is 0 Å². The number of allylic oxidation sites excluding steroid dienone is 2. The van der Waals surface area contributed by atoms with Crippen LogP contribution in [-0.2, 0) is 4.79 Å². The summed E-state index contributed by atoms with van der Waals surface area (Å²) in [4.78, 5) is 17.0. The highest BCUT2D eigenvalue weighted by Gasteiger charge is 2.28. The Balaban J connectivity index is 1.93. The van der Waals surface area contributed by atoms with E-state index in [1.54, 1.807) is 0 Å². The predicted octanol–water partition coefficient (Wildman–Crippen LogP) is 1.98. The van der Waals surface area contributed by atoms with Gasteiger partial charge < -0.3 is 10.2 Å². The van der Waals surface area contributed by atoms with E-state index in [0.717, 1.165) is 32.5 Å². The summed E-state index contributed by atoms with van der Waals surface area (Å²) in [5, 5.41) is 3.24. The third kappa shape index (κ3) is 3.83. The van der Waals surface area contributed by atoms with E-state index in [2.05, 4.69) is 23.2 Å². The minimum absolute atomic E-state index is 0.281. The monoisotopic (exact) mass is 279 g/mol. The molecule has 4 heteroatoms. The standard InChI is InChI=1S/C16H29N3O/c1-3-19(14-8-5-4-6-9-14)16(20)13-18-11-7-10-15(18)12-17-2/h8,15,17H,3-7,9-13H2,1-2H3. The second kappa shape index (κ2) is 7.79. The maximum absolute atomic E-state index is 12.6. The van der Waals surface area contributed by atoms with Crippen molar-refractivity contribution in [1.82, 2.24) is 15.1 Å². The van der Waals surface area contributed by atoms with Crippen LogP contribution in [0.1, 0.15) is 45.4 Å². The molecular formula is C16H29N3O. The highest BCUT2D eigenvalue weighted by Crippen LogP contribution is 2.22. The van der Waals surface area contributed by atoms with Gasteiger partial charge in [0.2, 0.25) is 5.91 Å². The third-order valence-electron chi connectivity index (χ3n) is 4.51. The molecule has 1 aliphatic heterocycles. The smallest absolute Gasteiger partial charge is 0.240 e. The molecule has 2 aliphatic rings. The van der Waals surface area contributed by atoms with Crippen LogP contribution >= 0.6 is 0 Å². The van der Waals surface area contributed by atoms with Gasteiger partial charge in [0.25, 0.3) is 0 Å². The molecule has 1 unspecified atom stereocenters. The number of nitrogens with one attached hydrogen (secondary N) is 1. The van der Waals surface area contributed by atoms with Gasteiger partial charge in [-0.1, -0.05) is 6.08 Å². The molecule has 1 aliphatic carbocycles. The highest BCUT2D eigenvalue weighted by molar-refractivity contribution is 5.80. The Kier molecular flexibility index (Phi) is 6.05. The number of carbonyl (C=O) groups is 1. The zero-order valence-corrected chi connectivity index (χ0v) is 13.0. The first-order chi connectivity index (χ1) is 9.76. The maximum atomic E-state index is 12.6. The lowest BCUT2D eigenvalue weighted by Crippen LogP contribution is -2.44. The van der Waals surface area contributed by atoms with E-state index in [4.69, 9.17) is 0 Å². The normalized spacial score (nSPS) is 23.7. The summed E-state index contributed by atoms with van der Waals surface area (Å²) >= 11 is 0. The van der Waals surface area contributed by atoms with Crippen molar-refractivity contribution in [1.29, 1.82) is 0 Å². The SMILES string of the molecule is CCN(C(=O)CN1CCCC1CNC)C1=CCCCC1. The van der Waals surface area contributed by atoms with Gasteiger partial charge in [-0.15, -0.1) is 0 Å². The van der Waals surface area contributed by atoms with Gasteiger partial charge in [-0.3, -0.25) is 9.69 Å². The van der Waals surface area contributed by atoms with Crippen LogP contribution in [-0.4, -0.2) is 55.0 Å². The summed E-state index contributed by atoms with van der Waals surface area (Å²) in [5.41, 5.74) is 1.26. The number of hydrogen-bond donors (Lipinski definition) is 1. The van der Waals surface area contributed by atoms with Crippen LogP contribution < -0.4 is 5.32 Å². The maximum Gasteiger partial charge on any atom is 0.240 e. The van der Waals surface area contributed by atoms with Gasteiger partial charge in [0.15, 0.2) is 0 Å². The molecule has 0 radical (unpaired) electrons. The highest BCUT2D eigenvalue weighted by atomic mass is 16.2. The molecule has 0 aromatic rings. The molecular weight excluding hydrogens is 250 g/mol. The Morgan fingerprint density at radius 2 is 2.30 bits per heavy atom. The Morgan fingerprint density at radius 3 is 2.95 bits per heavy atom. The molecule has 0 aromatic carbocycles. The molecule has 0 aromatic heterocycles. The second-order valence-corrected chi connectivity index (χ2v) is 5.90. The van der Waals surface area contributed by atoms with Gasteiger partial charge in [0.05, 0.1) is 6.54 Å². The van der Waals surface area contributed by atoms with Gasteiger partial charge >= 0.3 is 0 Å². The van der Waals surface area contributed by atoms with E-state index in [-0.39, 0.29) is 5.91 Å². The molecule has 1 amide bonds. The zero-order chi connectivity index (χ0) is 14.4. The van der Waals surface area contributed by atoms with Crippen molar-refractivity contribution in [2.75, 3.05) is 33.2 Å². The van der Waals surface area contributed by atoms with Crippen molar-refractivity contribution < 1.29 is 4.79 Å². The number of likely N-dealkylation sites (tertiary alicyclic amines) is 1. The number of nitrogens with zero attached hydrogens (tertiary/aromatic N) is 2. The van der Waals surface area contributed by atoms with E-state index in [0.29, 0.717) is 12.6 Å². The van der Waals surface area contributed by atoms with Crippen LogP contribution in [0.25, 0.3) is 0 Å². The number of carbonyl (C=O) groups excluding carboxylic acids is 1. The Hall–Kier alpha value is -0.870. The van der Waals surface area contributed by atoms with Crippen LogP contribution in [0, 0.1) is 0 Å². The first-order valence-electron chi connectivity index (χ1n) is 8.14. The lowest BCUT2D eigenvalue weighted by Gasteiger charge is -2.30. The number of hydrogen-bond acceptors (Lipinski definition) is 3. The molecule has 0 saturated carbocycles. The van der Waals surface area contributed by atoms with Gasteiger partial charge in [-0.25, -0.2) is 0 Å². The molecule has 1 atom stereocenters. The van der Waals surface area contributed by atoms with Crippen molar-refractivity contribution in [3.63, 3.8) is 0 Å². The fourth-order valence-electron chi connectivity index (χ4n) is 3.44. The first-order valence-corrected chi connectivity index (χ1v) is 8.14. The molecule has 1 saturated heterocycles. The summed E-state index contributed by atoms with van der Waals surface area (Å²) in [7, 11) is 1.99. The second-order valence-electron chi connectivity index (χ2n) is 5.90. The van der Waals surface area contributed by atoms with E-state index >= 15 is 0 Å². The van der Waals surface area contributed by atoms with E-state index in [9.17, 15) is 4.79 Å². The van der Waals surface area contributed by atoms with Crippen molar-refractivity contribution >= 4 is 5.91 Å². The van der Waals surface area contributed by atoms with Crippen molar-refractivity contribution in [2.24, 2.45) is 0 Å². The van der Waals surface area contributed by atoms with Crippen LogP contribution in [0.15, 0.2) is 11.8 Å². The average molecular weight is 279 g/mol. The van der Waals surface area contributed by atoms with E-state index in [1.165, 1.54) is 31.4 Å². The van der Waals surface area contributed by atoms with Crippen molar-refractivity contribution in [2.45, 2.75) is 51.5 Å². The van der Waals surface area contributed by atoms with Gasteiger partial charge in [0.1, 0.15) is 0 Å². The summed E-state index contributed by atoms with van der Waals surface area (Å²) in [6.07, 6.45) is 9.38. The van der Waals surface area contributed by atoms with Gasteiger partial charge in [-0.2, -0.15) is 0 Å². The minimum Gasteiger partial charge on any atom is -0.318 e. The van der Waals surface area contributed by atoms with Crippen LogP contribution in [0.5, 0.6) is 0 Å². The summed E-state index contributed by atoms with van der Waals surface area (Å²) < 4.78 is 0. The molecule has 1 N–H and O–H groups in total. The molecule has 4 nitrogen and oxygen atoms in total. The molecule has 114 valence electrons. The fraction of sp³-hybridized carbons (Fsp3) is 0.812. The minimum atomic E-state index is 0.281. The van der Waals surface area contributed by atoms with Crippen LogP contribution in [0.2, 0.25) is 0 Å². The Bertz CT molecular complexity index is 354. The van der Waals surface area contributed by atoms with E-state index < -0.39 is 0 Å². The fourth-order valence-corrected chi connectivity index (χ4v) is 3.44. The van der Waals surface area contributed by atoms with Gasteiger partial charge in [0, 0.05) is 24.8 Å². The number of rotatable bonds is 6. The van der Waals surface area contributed by atoms with Crippen molar-refractivity contribution in [3.05, 3.63) is 11.8 Å². The Morgan fingerprint density at radius 1 is 1.45 bits per heavy atom. The Labute approximate surface area is 123 Å². The van der Waals surface area contributed by atoms with E-state index in [1.807, 2.05) is 11.9 Å². The average Bonchev–Trinajstić information content (AvgIpc) is 2.88. The van der Waals surface area contributed by atoms with Gasteiger partial charge in [-0.05, 0) is 59.0 Å². The molecule has 1 fully saturated rings. The summed E-state index contributed by atoms with van der Waals surface area (Å²) in [5.74, 6) is 0.281. The quantitative estimate of drug-likeness (QED) is 0.807. The lowest BCUT2D eigenvalue weighted by molar-refractivity contribution is -0.130. The molecule has 20 heavy (non-hydrogen) atoms. The largest absolute Gasteiger partial charge is 0.318 e. The summed E-state index contributed by atoms with van der Waals surface area (Å²) in [6, 6.07) is 0.531. The third-order valence-corrected chi connectivity index (χ3v) is 4.51. The number of likely N-dealkylation sites (N-methyl/N-ethyl adjacent to an activating group) is 2.